The van der Waals surface area contributed by atoms with Crippen LogP contribution in [0.5, 0.6) is 0 Å². The number of rotatable bonds is 11. The summed E-state index contributed by atoms with van der Waals surface area (Å²) in [4.78, 5) is 23.7. The summed E-state index contributed by atoms with van der Waals surface area (Å²) in [5.74, 6) is -1.36. The molecule has 3 rings (SSSR count). The Morgan fingerprint density at radius 1 is 1.17 bits per heavy atom. The number of aliphatic hydroxyl groups is 1. The predicted molar refractivity (Wildman–Crippen MR) is 113 cm³/mol. The molecule has 2 aromatic rings. The van der Waals surface area contributed by atoms with Crippen molar-refractivity contribution in [1.82, 2.24) is 0 Å². The van der Waals surface area contributed by atoms with Gasteiger partial charge in [-0.3, -0.25) is 9.59 Å². The summed E-state index contributed by atoms with van der Waals surface area (Å²) < 4.78 is 15.6. The van der Waals surface area contributed by atoms with Gasteiger partial charge in [-0.05, 0) is 43.2 Å². The van der Waals surface area contributed by atoms with Crippen molar-refractivity contribution in [3.63, 3.8) is 0 Å². The highest BCUT2D eigenvalue weighted by Crippen LogP contribution is 2.40. The maximum absolute atomic E-state index is 14.5. The molecule has 1 saturated carbocycles. The number of aliphatic carboxylic acids is 1. The number of fused-ring (bicyclic) bond motifs is 1. The maximum Gasteiger partial charge on any atom is 0.303 e. The minimum atomic E-state index is -1.12. The van der Waals surface area contributed by atoms with Gasteiger partial charge in [-0.1, -0.05) is 37.5 Å². The Labute approximate surface area is 174 Å². The summed E-state index contributed by atoms with van der Waals surface area (Å²) in [5.41, 5.74) is 0. The Morgan fingerprint density at radius 3 is 2.69 bits per heavy atom. The first-order valence-electron chi connectivity index (χ1n) is 10.5. The molecule has 1 aliphatic rings. The fourth-order valence-corrected chi connectivity index (χ4v) is 5.48. The van der Waals surface area contributed by atoms with Crippen LogP contribution in [-0.4, -0.2) is 28.1 Å². The third-order valence-electron chi connectivity index (χ3n) is 5.99. The predicted octanol–water partition coefficient (Wildman–Crippen LogP) is 5.68. The van der Waals surface area contributed by atoms with E-state index in [1.807, 2.05) is 30.3 Å². The number of hydrogen-bond donors (Lipinski definition) is 2. The monoisotopic (exact) mass is 420 g/mol. The number of aliphatic hydroxyl groups excluding tert-OH is 1. The van der Waals surface area contributed by atoms with Crippen molar-refractivity contribution in [2.24, 2.45) is 11.8 Å². The molecule has 4 nitrogen and oxygen atoms in total. The van der Waals surface area contributed by atoms with E-state index in [-0.39, 0.29) is 30.5 Å². The van der Waals surface area contributed by atoms with Crippen molar-refractivity contribution in [2.45, 2.75) is 70.1 Å². The SMILES string of the molecule is O=C(O)CCCCCC[C@H]1C(=O)C[C@H](F)[C@@H]1CC[C@@H](O)c1cc2ccccc2s1. The van der Waals surface area contributed by atoms with Crippen LogP contribution in [0.3, 0.4) is 0 Å². The van der Waals surface area contributed by atoms with E-state index < -0.39 is 18.2 Å². The van der Waals surface area contributed by atoms with Gasteiger partial charge < -0.3 is 10.2 Å². The Balaban J connectivity index is 1.49. The molecule has 29 heavy (non-hydrogen) atoms. The molecule has 0 spiro atoms. The van der Waals surface area contributed by atoms with Crippen molar-refractivity contribution in [3.8, 4) is 0 Å². The standard InChI is InChI=1S/C23H29FO4S/c24-18-14-20(26)17(8-3-1-2-4-10-23(27)28)16(18)11-12-19(25)22-13-15-7-5-6-9-21(15)29-22/h5-7,9,13,16-19,25H,1-4,8,10-12,14H2,(H,27,28)/t16-,17-,18+,19-/m1/s1. The molecule has 0 radical (unpaired) electrons. The van der Waals surface area contributed by atoms with E-state index in [1.165, 1.54) is 0 Å². The molecule has 6 heteroatoms. The molecule has 1 heterocycles. The lowest BCUT2D eigenvalue weighted by atomic mass is 9.85. The van der Waals surface area contributed by atoms with Crippen LogP contribution in [-0.2, 0) is 9.59 Å². The van der Waals surface area contributed by atoms with E-state index in [1.54, 1.807) is 11.3 Å². The fraction of sp³-hybridized carbons (Fsp3) is 0.565. The number of unbranched alkanes of at least 4 members (excludes halogenated alkanes) is 3. The Morgan fingerprint density at radius 2 is 1.93 bits per heavy atom. The lowest BCUT2D eigenvalue weighted by molar-refractivity contribution is -0.137. The summed E-state index contributed by atoms with van der Waals surface area (Å²) >= 11 is 1.56. The molecule has 4 atom stereocenters. The highest BCUT2D eigenvalue weighted by molar-refractivity contribution is 7.19. The van der Waals surface area contributed by atoms with Crippen LogP contribution in [0.25, 0.3) is 10.1 Å². The number of carbonyl (C=O) groups is 2. The maximum atomic E-state index is 14.5. The van der Waals surface area contributed by atoms with E-state index in [0.29, 0.717) is 25.7 Å². The smallest absolute Gasteiger partial charge is 0.303 e. The van der Waals surface area contributed by atoms with Crippen LogP contribution in [0.1, 0.15) is 68.8 Å². The molecule has 0 amide bonds. The largest absolute Gasteiger partial charge is 0.481 e. The first kappa shape index (κ1) is 21.9. The molecular weight excluding hydrogens is 391 g/mol. The molecular formula is C23H29FO4S. The molecule has 0 unspecified atom stereocenters. The van der Waals surface area contributed by atoms with Crippen LogP contribution in [0.4, 0.5) is 4.39 Å². The summed E-state index contributed by atoms with van der Waals surface area (Å²) in [6, 6.07) is 9.97. The third kappa shape index (κ3) is 5.86. The minimum Gasteiger partial charge on any atom is -0.481 e. The molecule has 1 fully saturated rings. The van der Waals surface area contributed by atoms with E-state index >= 15 is 0 Å². The van der Waals surface area contributed by atoms with Gasteiger partial charge in [0.15, 0.2) is 0 Å². The highest BCUT2D eigenvalue weighted by atomic mass is 32.1. The summed E-state index contributed by atoms with van der Waals surface area (Å²) in [6.45, 7) is 0. The molecule has 1 aromatic heterocycles. The molecule has 0 saturated heterocycles. The highest BCUT2D eigenvalue weighted by Gasteiger charge is 2.42. The number of carboxylic acid groups (broad SMARTS) is 1. The number of carboxylic acids is 1. The number of thiophene rings is 1. The second kappa shape index (κ2) is 10.3. The van der Waals surface area contributed by atoms with Crippen molar-refractivity contribution in [1.29, 1.82) is 0 Å². The van der Waals surface area contributed by atoms with Crippen LogP contribution >= 0.6 is 11.3 Å². The van der Waals surface area contributed by atoms with Crippen LogP contribution in [0.2, 0.25) is 0 Å². The minimum absolute atomic E-state index is 0.00406. The zero-order chi connectivity index (χ0) is 20.8. The Kier molecular flexibility index (Phi) is 7.78. The number of hydrogen-bond acceptors (Lipinski definition) is 4. The van der Waals surface area contributed by atoms with Gasteiger partial charge in [0, 0.05) is 34.3 Å². The average Bonchev–Trinajstić information content (AvgIpc) is 3.23. The zero-order valence-electron chi connectivity index (χ0n) is 16.6. The van der Waals surface area contributed by atoms with Crippen LogP contribution < -0.4 is 0 Å². The molecule has 2 N–H and O–H groups in total. The first-order chi connectivity index (χ1) is 14.0. The van der Waals surface area contributed by atoms with Gasteiger partial charge in [-0.2, -0.15) is 0 Å². The lowest BCUT2D eigenvalue weighted by Crippen LogP contribution is -2.19. The van der Waals surface area contributed by atoms with Gasteiger partial charge in [0.25, 0.3) is 0 Å². The number of alkyl halides is 1. The van der Waals surface area contributed by atoms with Crippen molar-refractivity contribution in [3.05, 3.63) is 35.2 Å². The molecule has 158 valence electrons. The summed E-state index contributed by atoms with van der Waals surface area (Å²) in [5, 5.41) is 20.4. The van der Waals surface area contributed by atoms with Gasteiger partial charge in [0.2, 0.25) is 0 Å². The number of ketones is 1. The molecule has 0 aliphatic heterocycles. The zero-order valence-corrected chi connectivity index (χ0v) is 17.4. The van der Waals surface area contributed by atoms with Crippen molar-refractivity contribution in [2.75, 3.05) is 0 Å². The van der Waals surface area contributed by atoms with Gasteiger partial charge in [0.05, 0.1) is 6.10 Å². The van der Waals surface area contributed by atoms with Crippen LogP contribution in [0.15, 0.2) is 30.3 Å². The average molecular weight is 421 g/mol. The topological polar surface area (TPSA) is 74.6 Å². The number of carbonyl (C=O) groups excluding carboxylic acids is 1. The molecule has 1 aromatic carbocycles. The second-order valence-corrected chi connectivity index (χ2v) is 9.20. The second-order valence-electron chi connectivity index (χ2n) is 8.08. The summed E-state index contributed by atoms with van der Waals surface area (Å²) in [7, 11) is 0. The number of benzene rings is 1. The third-order valence-corrected chi connectivity index (χ3v) is 7.21. The lowest BCUT2D eigenvalue weighted by Gasteiger charge is -2.21. The quantitative estimate of drug-likeness (QED) is 0.458. The molecule has 1 aliphatic carbocycles. The number of halogens is 1. The normalized spacial score (nSPS) is 23.0. The first-order valence-corrected chi connectivity index (χ1v) is 11.3. The van der Waals surface area contributed by atoms with Gasteiger partial charge in [-0.15, -0.1) is 11.3 Å². The summed E-state index contributed by atoms with van der Waals surface area (Å²) in [6.07, 6.45) is 3.19. The van der Waals surface area contributed by atoms with Crippen molar-refractivity contribution >= 4 is 33.2 Å². The van der Waals surface area contributed by atoms with E-state index in [2.05, 4.69) is 0 Å². The van der Waals surface area contributed by atoms with E-state index in [4.69, 9.17) is 5.11 Å². The van der Waals surface area contributed by atoms with Gasteiger partial charge >= 0.3 is 5.97 Å². The number of Topliss-reactive ketones (excluding diaryl/α,β-unsaturated/α-hetero) is 1. The van der Waals surface area contributed by atoms with Crippen molar-refractivity contribution < 1.29 is 24.2 Å². The Bertz CT molecular complexity index is 800. The van der Waals surface area contributed by atoms with E-state index in [0.717, 1.165) is 34.2 Å². The molecule has 0 bridgehead atoms. The fourth-order valence-electron chi connectivity index (χ4n) is 4.40. The van der Waals surface area contributed by atoms with Gasteiger partial charge in [0.1, 0.15) is 12.0 Å². The Hall–Kier alpha value is -1.79. The van der Waals surface area contributed by atoms with Gasteiger partial charge in [-0.25, -0.2) is 4.39 Å². The van der Waals surface area contributed by atoms with Crippen LogP contribution in [0, 0.1) is 11.8 Å². The van der Waals surface area contributed by atoms with E-state index in [9.17, 15) is 19.1 Å².